The number of hydrogen-bond acceptors (Lipinski definition) is 5. The zero-order valence-corrected chi connectivity index (χ0v) is 13.9. The molecule has 5 nitrogen and oxygen atoms in total. The molecule has 0 aliphatic carbocycles. The molecule has 0 aromatic carbocycles. The maximum absolute atomic E-state index is 5.91. The fourth-order valence-corrected chi connectivity index (χ4v) is 2.55. The van der Waals surface area contributed by atoms with Gasteiger partial charge in [-0.05, 0) is 18.3 Å². The summed E-state index contributed by atoms with van der Waals surface area (Å²) in [4.78, 5) is 0. The van der Waals surface area contributed by atoms with E-state index in [1.54, 1.807) is 7.11 Å². The van der Waals surface area contributed by atoms with Crippen molar-refractivity contribution in [2.45, 2.75) is 39.1 Å². The summed E-state index contributed by atoms with van der Waals surface area (Å²) < 4.78 is 27.9. The quantitative estimate of drug-likeness (QED) is 0.738. The first kappa shape index (κ1) is 18.9. The van der Waals surface area contributed by atoms with Crippen LogP contribution in [-0.2, 0) is 23.6 Å². The van der Waals surface area contributed by atoms with Crippen LogP contribution in [0.2, 0.25) is 0 Å². The highest BCUT2D eigenvalue weighted by Crippen LogP contribution is 2.28. The molecular weight excluding hydrogens is 271 g/mol. The topological polar surface area (TPSA) is 46.2 Å². The van der Waals surface area contributed by atoms with Gasteiger partial charge in [-0.1, -0.05) is 20.3 Å². The second kappa shape index (κ2) is 11.4. The van der Waals surface area contributed by atoms with Crippen LogP contribution in [0.15, 0.2) is 0 Å². The maximum Gasteiger partial charge on any atom is 0.306 e. The fourth-order valence-electron chi connectivity index (χ4n) is 2.55. The molecule has 1 rings (SSSR count). The predicted molar refractivity (Wildman–Crippen MR) is 84.0 cm³/mol. The van der Waals surface area contributed by atoms with Crippen molar-refractivity contribution in [2.24, 2.45) is 5.41 Å². The van der Waals surface area contributed by atoms with Crippen molar-refractivity contribution in [3.05, 3.63) is 0 Å². The van der Waals surface area contributed by atoms with Gasteiger partial charge in [-0.2, -0.15) is 0 Å². The molecule has 6 heteroatoms. The Morgan fingerprint density at radius 3 is 2.52 bits per heavy atom. The van der Waals surface area contributed by atoms with Crippen molar-refractivity contribution < 1.29 is 23.6 Å². The van der Waals surface area contributed by atoms with Gasteiger partial charge in [-0.15, -0.1) is 0 Å². The Hall–Kier alpha value is -0.135. The van der Waals surface area contributed by atoms with Crippen LogP contribution in [0.5, 0.6) is 0 Å². The smallest absolute Gasteiger partial charge is 0.306 e. The fraction of sp³-hybridized carbons (Fsp3) is 1.00. The van der Waals surface area contributed by atoms with Gasteiger partial charge in [0, 0.05) is 13.7 Å². The third-order valence-corrected chi connectivity index (χ3v) is 3.76. The van der Waals surface area contributed by atoms with E-state index in [1.165, 1.54) is 0 Å². The van der Waals surface area contributed by atoms with Crippen molar-refractivity contribution in [3.63, 3.8) is 0 Å². The average molecular weight is 302 g/mol. The monoisotopic (exact) mass is 302 g/mol. The number of ether oxygens (including phenoxy) is 4. The van der Waals surface area contributed by atoms with Crippen molar-refractivity contribution in [1.29, 1.82) is 0 Å². The zero-order valence-electron chi connectivity index (χ0n) is 13.9. The van der Waals surface area contributed by atoms with Crippen LogP contribution in [0.25, 0.3) is 0 Å². The van der Waals surface area contributed by atoms with Crippen LogP contribution in [0.1, 0.15) is 33.1 Å². The van der Waals surface area contributed by atoms with Crippen LogP contribution in [0, 0.1) is 5.41 Å². The highest BCUT2D eigenvalue weighted by atomic mass is 16.6. The molecule has 21 heavy (non-hydrogen) atoms. The van der Waals surface area contributed by atoms with Gasteiger partial charge in [0.25, 0.3) is 0 Å². The molecule has 0 amide bonds. The lowest BCUT2D eigenvalue weighted by molar-refractivity contribution is -0.0501. The highest BCUT2D eigenvalue weighted by molar-refractivity contribution is 6.29. The van der Waals surface area contributed by atoms with Crippen molar-refractivity contribution in [2.75, 3.05) is 53.4 Å². The largest absolute Gasteiger partial charge is 0.439 e. The molecule has 1 heterocycles. The van der Waals surface area contributed by atoms with E-state index >= 15 is 0 Å². The highest BCUT2D eigenvalue weighted by Gasteiger charge is 2.24. The van der Waals surface area contributed by atoms with E-state index in [9.17, 15) is 0 Å². The second-order valence-corrected chi connectivity index (χ2v) is 6.00. The molecule has 0 bridgehead atoms. The number of hydrogen-bond donors (Lipinski definition) is 0. The third-order valence-electron chi connectivity index (χ3n) is 3.76. The Bertz CT molecular complexity index is 254. The first-order valence-electron chi connectivity index (χ1n) is 8.04. The molecular formula is C15H31BO5. The Kier molecular flexibility index (Phi) is 10.3. The molecule has 0 saturated carbocycles. The summed E-state index contributed by atoms with van der Waals surface area (Å²) >= 11 is 0. The minimum atomic E-state index is -0.0244. The Labute approximate surface area is 129 Å². The molecule has 0 N–H and O–H groups in total. The van der Waals surface area contributed by atoms with Crippen LogP contribution in [-0.4, -0.2) is 66.8 Å². The number of rotatable bonds is 4. The SMILES string of the molecule is CCCC1(C)CCOCCOCCOC(BOC)COC1. The standard InChI is InChI=1S/C15H31BO5/c1-4-5-15(2)6-7-18-8-9-19-10-11-21-14(16-17-3)12-20-13-15/h14,16H,4-13H2,1-3H3. The van der Waals surface area contributed by atoms with Gasteiger partial charge in [0.2, 0.25) is 0 Å². The van der Waals surface area contributed by atoms with Gasteiger partial charge in [-0.3, -0.25) is 0 Å². The van der Waals surface area contributed by atoms with E-state index in [0.29, 0.717) is 40.5 Å². The van der Waals surface area contributed by atoms with E-state index in [0.717, 1.165) is 32.5 Å². The summed E-state index contributed by atoms with van der Waals surface area (Å²) in [5.74, 6) is 0. The predicted octanol–water partition coefficient (Wildman–Crippen LogP) is 1.59. The second-order valence-electron chi connectivity index (χ2n) is 6.00. The molecule has 1 saturated heterocycles. The summed E-state index contributed by atoms with van der Waals surface area (Å²) in [5.41, 5.74) is 0.164. The Morgan fingerprint density at radius 1 is 1.10 bits per heavy atom. The summed E-state index contributed by atoms with van der Waals surface area (Å²) in [6.07, 6.45) is 3.31. The Balaban J connectivity index is 2.49. The lowest BCUT2D eigenvalue weighted by Crippen LogP contribution is -2.33. The average Bonchev–Trinajstić information content (AvgIpc) is 2.45. The zero-order chi connectivity index (χ0) is 15.4. The van der Waals surface area contributed by atoms with Gasteiger partial charge >= 0.3 is 7.48 Å². The van der Waals surface area contributed by atoms with Crippen molar-refractivity contribution in [3.8, 4) is 0 Å². The normalized spacial score (nSPS) is 30.5. The minimum absolute atomic E-state index is 0.0244. The molecule has 0 radical (unpaired) electrons. The third kappa shape index (κ3) is 8.78. The lowest BCUT2D eigenvalue weighted by Gasteiger charge is -2.30. The molecule has 0 aromatic rings. The molecule has 124 valence electrons. The minimum Gasteiger partial charge on any atom is -0.439 e. The van der Waals surface area contributed by atoms with Gasteiger partial charge in [0.05, 0.1) is 45.6 Å². The van der Waals surface area contributed by atoms with Gasteiger partial charge in [0.1, 0.15) is 0 Å². The van der Waals surface area contributed by atoms with Gasteiger partial charge < -0.3 is 23.6 Å². The molecule has 0 aromatic heterocycles. The lowest BCUT2D eigenvalue weighted by atomic mass is 9.83. The van der Waals surface area contributed by atoms with Crippen LogP contribution < -0.4 is 0 Å². The summed E-state index contributed by atoms with van der Waals surface area (Å²) in [6, 6.07) is -0.0244. The van der Waals surface area contributed by atoms with E-state index in [2.05, 4.69) is 13.8 Å². The first-order chi connectivity index (χ1) is 10.2. The van der Waals surface area contributed by atoms with Crippen LogP contribution in [0.3, 0.4) is 0 Å². The molecule has 2 unspecified atom stereocenters. The van der Waals surface area contributed by atoms with Crippen LogP contribution in [0.4, 0.5) is 0 Å². The molecule has 1 aliphatic rings. The van der Waals surface area contributed by atoms with E-state index in [-0.39, 0.29) is 11.4 Å². The first-order valence-corrected chi connectivity index (χ1v) is 8.04. The summed E-state index contributed by atoms with van der Waals surface area (Å²) in [7, 11) is 2.23. The molecule has 2 atom stereocenters. The van der Waals surface area contributed by atoms with E-state index in [1.807, 2.05) is 0 Å². The van der Waals surface area contributed by atoms with Crippen molar-refractivity contribution in [1.82, 2.24) is 0 Å². The summed E-state index contributed by atoms with van der Waals surface area (Å²) in [5, 5.41) is 0. The van der Waals surface area contributed by atoms with E-state index < -0.39 is 0 Å². The Morgan fingerprint density at radius 2 is 1.81 bits per heavy atom. The molecule has 0 spiro atoms. The molecule has 1 fully saturated rings. The van der Waals surface area contributed by atoms with E-state index in [4.69, 9.17) is 23.6 Å². The van der Waals surface area contributed by atoms with Gasteiger partial charge in [-0.25, -0.2) is 0 Å². The molecule has 1 aliphatic heterocycles. The van der Waals surface area contributed by atoms with Crippen molar-refractivity contribution >= 4 is 7.48 Å². The van der Waals surface area contributed by atoms with Gasteiger partial charge in [0.15, 0.2) is 0 Å². The maximum atomic E-state index is 5.91. The summed E-state index contributed by atoms with van der Waals surface area (Å²) in [6.45, 7) is 8.96. The van der Waals surface area contributed by atoms with Crippen LogP contribution >= 0.6 is 0 Å².